The standard InChI is InChI=1S/C24H20N2O8S2/c25-21-11-1-15(13-23(21)33-17-3-7-19(8-4-17)35(27,28)29)16-2-12-22(26)24(14-16)34-18-5-9-20(10-6-18)36(30,31)32/h1-14H,25-26H2,(H,27,28,29)(H,30,31,32). The van der Waals surface area contributed by atoms with Crippen molar-refractivity contribution in [3.63, 3.8) is 0 Å². The van der Waals surface area contributed by atoms with Gasteiger partial charge in [0.05, 0.1) is 21.2 Å². The van der Waals surface area contributed by atoms with Crippen molar-refractivity contribution in [1.82, 2.24) is 0 Å². The van der Waals surface area contributed by atoms with Gasteiger partial charge in [-0.15, -0.1) is 0 Å². The van der Waals surface area contributed by atoms with Crippen LogP contribution in [0.3, 0.4) is 0 Å². The maximum Gasteiger partial charge on any atom is 0.294 e. The number of rotatable bonds is 7. The van der Waals surface area contributed by atoms with Crippen molar-refractivity contribution >= 4 is 31.6 Å². The molecule has 0 atom stereocenters. The van der Waals surface area contributed by atoms with E-state index < -0.39 is 20.2 Å². The van der Waals surface area contributed by atoms with Crippen LogP contribution < -0.4 is 20.9 Å². The molecule has 12 heteroatoms. The number of benzene rings is 4. The molecule has 0 saturated carbocycles. The van der Waals surface area contributed by atoms with Crippen LogP contribution >= 0.6 is 0 Å². The first-order valence-corrected chi connectivity index (χ1v) is 13.1. The van der Waals surface area contributed by atoms with Gasteiger partial charge in [0.25, 0.3) is 20.2 Å². The van der Waals surface area contributed by atoms with E-state index in [9.17, 15) is 16.8 Å². The number of hydrogen-bond acceptors (Lipinski definition) is 8. The van der Waals surface area contributed by atoms with Crippen LogP contribution in [-0.2, 0) is 20.2 Å². The maximum atomic E-state index is 11.2. The summed E-state index contributed by atoms with van der Waals surface area (Å²) in [6, 6.07) is 20.5. The Hall–Kier alpha value is -4.10. The number of anilines is 2. The topological polar surface area (TPSA) is 179 Å². The average Bonchev–Trinajstić information content (AvgIpc) is 2.81. The summed E-state index contributed by atoms with van der Waals surface area (Å²) < 4.78 is 74.7. The molecular weight excluding hydrogens is 508 g/mol. The van der Waals surface area contributed by atoms with Gasteiger partial charge in [-0.1, -0.05) is 12.1 Å². The molecule has 4 aromatic rings. The zero-order valence-corrected chi connectivity index (χ0v) is 20.0. The van der Waals surface area contributed by atoms with Crippen LogP contribution in [0, 0.1) is 0 Å². The molecule has 0 bridgehead atoms. The molecule has 0 heterocycles. The van der Waals surface area contributed by atoms with Crippen molar-refractivity contribution in [2.45, 2.75) is 9.79 Å². The molecule has 36 heavy (non-hydrogen) atoms. The smallest absolute Gasteiger partial charge is 0.294 e. The first kappa shape index (κ1) is 25.0. The highest BCUT2D eigenvalue weighted by molar-refractivity contribution is 7.86. The van der Waals surface area contributed by atoms with Crippen molar-refractivity contribution in [2.24, 2.45) is 0 Å². The summed E-state index contributed by atoms with van der Waals surface area (Å²) in [4.78, 5) is -0.530. The molecule has 0 fully saturated rings. The Bertz CT molecular complexity index is 1510. The molecule has 0 amide bonds. The van der Waals surface area contributed by atoms with E-state index >= 15 is 0 Å². The summed E-state index contributed by atoms with van der Waals surface area (Å²) in [6.45, 7) is 0. The van der Waals surface area contributed by atoms with Crippen LogP contribution in [0.15, 0.2) is 94.7 Å². The maximum absolute atomic E-state index is 11.2. The fourth-order valence-corrected chi connectivity index (χ4v) is 4.18. The lowest BCUT2D eigenvalue weighted by molar-refractivity contribution is 0.476. The van der Waals surface area contributed by atoms with Crippen LogP contribution in [-0.4, -0.2) is 25.9 Å². The monoisotopic (exact) mass is 528 g/mol. The Morgan fingerprint density at radius 3 is 1.17 bits per heavy atom. The average molecular weight is 529 g/mol. The summed E-state index contributed by atoms with van der Waals surface area (Å²) in [5.74, 6) is 1.24. The summed E-state index contributed by atoms with van der Waals surface area (Å²) in [6.07, 6.45) is 0. The van der Waals surface area contributed by atoms with Crippen LogP contribution in [0.2, 0.25) is 0 Å². The van der Waals surface area contributed by atoms with E-state index in [0.717, 1.165) is 0 Å². The van der Waals surface area contributed by atoms with E-state index in [1.165, 1.54) is 48.5 Å². The molecule has 186 valence electrons. The largest absolute Gasteiger partial charge is 0.455 e. The van der Waals surface area contributed by atoms with E-state index in [2.05, 4.69) is 0 Å². The van der Waals surface area contributed by atoms with Crippen molar-refractivity contribution in [3.05, 3.63) is 84.9 Å². The van der Waals surface area contributed by atoms with Crippen molar-refractivity contribution < 1.29 is 35.4 Å². The molecule has 0 saturated heterocycles. The molecule has 0 unspecified atom stereocenters. The minimum absolute atomic E-state index is 0.265. The quantitative estimate of drug-likeness (QED) is 0.196. The number of nitrogens with two attached hydrogens (primary N) is 2. The minimum atomic E-state index is -4.32. The lowest BCUT2D eigenvalue weighted by atomic mass is 10.0. The van der Waals surface area contributed by atoms with Crippen molar-refractivity contribution in [2.75, 3.05) is 11.5 Å². The second-order valence-corrected chi connectivity index (χ2v) is 10.4. The molecule has 0 radical (unpaired) electrons. The number of hydrogen-bond donors (Lipinski definition) is 4. The molecule has 0 aromatic heterocycles. The lowest BCUT2D eigenvalue weighted by Gasteiger charge is -2.13. The minimum Gasteiger partial charge on any atom is -0.455 e. The van der Waals surface area contributed by atoms with E-state index in [1.54, 1.807) is 36.4 Å². The van der Waals surface area contributed by atoms with E-state index in [4.69, 9.17) is 30.0 Å². The molecular formula is C24H20N2O8S2. The normalized spacial score (nSPS) is 11.7. The third-order valence-electron chi connectivity index (χ3n) is 5.06. The van der Waals surface area contributed by atoms with Crippen LogP contribution in [0.1, 0.15) is 0 Å². The fourth-order valence-electron chi connectivity index (χ4n) is 3.22. The third kappa shape index (κ3) is 5.75. The van der Waals surface area contributed by atoms with Crippen molar-refractivity contribution in [1.29, 1.82) is 0 Å². The fraction of sp³-hybridized carbons (Fsp3) is 0. The molecule has 6 N–H and O–H groups in total. The molecule has 0 aliphatic carbocycles. The molecule has 0 aliphatic rings. The highest BCUT2D eigenvalue weighted by atomic mass is 32.2. The Labute approximate surface area is 207 Å². The lowest BCUT2D eigenvalue weighted by Crippen LogP contribution is -1.98. The molecule has 10 nitrogen and oxygen atoms in total. The van der Waals surface area contributed by atoms with Crippen molar-refractivity contribution in [3.8, 4) is 34.1 Å². The van der Waals surface area contributed by atoms with Crippen LogP contribution in [0.5, 0.6) is 23.0 Å². The summed E-state index contributed by atoms with van der Waals surface area (Å²) >= 11 is 0. The van der Waals surface area contributed by atoms with Crippen LogP contribution in [0.4, 0.5) is 11.4 Å². The van der Waals surface area contributed by atoms with Crippen LogP contribution in [0.25, 0.3) is 11.1 Å². The van der Waals surface area contributed by atoms with E-state index in [1.807, 2.05) is 0 Å². The first-order chi connectivity index (χ1) is 16.9. The van der Waals surface area contributed by atoms with Gasteiger partial charge in [-0.25, -0.2) is 0 Å². The van der Waals surface area contributed by atoms with Gasteiger partial charge in [-0.3, -0.25) is 9.11 Å². The molecule has 4 aromatic carbocycles. The SMILES string of the molecule is Nc1ccc(-c2ccc(N)c(Oc3ccc(S(=O)(=O)O)cc3)c2)cc1Oc1ccc(S(=O)(=O)O)cc1. The zero-order chi connectivity index (χ0) is 26.1. The Kier molecular flexibility index (Phi) is 6.61. The van der Waals surface area contributed by atoms with E-state index in [0.29, 0.717) is 45.5 Å². The highest BCUT2D eigenvalue weighted by Crippen LogP contribution is 2.36. The third-order valence-corrected chi connectivity index (χ3v) is 6.80. The van der Waals surface area contributed by atoms with Gasteiger partial charge in [0, 0.05) is 0 Å². The second kappa shape index (κ2) is 9.51. The van der Waals surface area contributed by atoms with Gasteiger partial charge >= 0.3 is 0 Å². The van der Waals surface area contributed by atoms with E-state index in [-0.39, 0.29) is 9.79 Å². The second-order valence-electron chi connectivity index (χ2n) is 7.60. The number of nitrogen functional groups attached to an aromatic ring is 2. The zero-order valence-electron chi connectivity index (χ0n) is 18.4. The molecule has 4 rings (SSSR count). The Morgan fingerprint density at radius 2 is 0.861 bits per heavy atom. The summed E-state index contributed by atoms with van der Waals surface area (Å²) in [7, 11) is -8.65. The predicted octanol–water partition coefficient (Wildman–Crippen LogP) is 4.60. The predicted molar refractivity (Wildman–Crippen MR) is 133 cm³/mol. The van der Waals surface area contributed by atoms with Gasteiger partial charge in [-0.2, -0.15) is 16.8 Å². The van der Waals surface area contributed by atoms with Gasteiger partial charge in [-0.05, 0) is 83.9 Å². The Morgan fingerprint density at radius 1 is 0.528 bits per heavy atom. The summed E-state index contributed by atoms with van der Waals surface area (Å²) in [5.41, 5.74) is 14.2. The molecule has 0 aliphatic heterocycles. The first-order valence-electron chi connectivity index (χ1n) is 10.2. The Balaban J connectivity index is 1.60. The van der Waals surface area contributed by atoms with Gasteiger partial charge < -0.3 is 20.9 Å². The van der Waals surface area contributed by atoms with Gasteiger partial charge in [0.1, 0.15) is 11.5 Å². The van der Waals surface area contributed by atoms with Gasteiger partial charge in [0.2, 0.25) is 0 Å². The molecule has 0 spiro atoms. The van der Waals surface area contributed by atoms with Gasteiger partial charge in [0.15, 0.2) is 11.5 Å². The number of ether oxygens (including phenoxy) is 2. The highest BCUT2D eigenvalue weighted by Gasteiger charge is 2.13. The summed E-state index contributed by atoms with van der Waals surface area (Å²) in [5, 5.41) is 0.